The summed E-state index contributed by atoms with van der Waals surface area (Å²) >= 11 is 1.39. The molecular weight excluding hydrogens is 360 g/mol. The molecule has 2 amide bonds. The van der Waals surface area contributed by atoms with Crippen LogP contribution in [0.3, 0.4) is 0 Å². The summed E-state index contributed by atoms with van der Waals surface area (Å²) in [4.78, 5) is 27.8. The number of rotatable bonds is 3. The molecule has 2 aromatic carbocycles. The van der Waals surface area contributed by atoms with Gasteiger partial charge in [0.05, 0.1) is 16.1 Å². The predicted octanol–water partition coefficient (Wildman–Crippen LogP) is 5.08. The molecule has 1 N–H and O–H groups in total. The lowest BCUT2D eigenvalue weighted by molar-refractivity contribution is 0.0986. The summed E-state index contributed by atoms with van der Waals surface area (Å²) in [6, 6.07) is 14.4. The zero-order valence-corrected chi connectivity index (χ0v) is 15.8. The monoisotopic (exact) mass is 378 g/mol. The van der Waals surface area contributed by atoms with Crippen molar-refractivity contribution < 1.29 is 14.3 Å². The summed E-state index contributed by atoms with van der Waals surface area (Å²) in [5, 5.41) is 4.79. The van der Waals surface area contributed by atoms with E-state index in [1.54, 1.807) is 23.1 Å². The average molecular weight is 378 g/mol. The number of ether oxygens (including phenoxy) is 1. The highest BCUT2D eigenvalue weighted by Crippen LogP contribution is 2.39. The maximum atomic E-state index is 13.1. The summed E-state index contributed by atoms with van der Waals surface area (Å²) in [5.41, 5.74) is 2.77. The first-order valence-electron chi connectivity index (χ1n) is 8.66. The van der Waals surface area contributed by atoms with E-state index in [1.807, 2.05) is 49.6 Å². The van der Waals surface area contributed by atoms with Crippen LogP contribution in [-0.2, 0) is 0 Å². The van der Waals surface area contributed by atoms with Gasteiger partial charge >= 0.3 is 0 Å². The van der Waals surface area contributed by atoms with Crippen LogP contribution in [0.25, 0.3) is 0 Å². The highest BCUT2D eigenvalue weighted by molar-refractivity contribution is 7.12. The van der Waals surface area contributed by atoms with Crippen molar-refractivity contribution in [3.8, 4) is 11.5 Å². The minimum Gasteiger partial charge on any atom is -0.454 e. The van der Waals surface area contributed by atoms with Crippen molar-refractivity contribution >= 4 is 34.5 Å². The van der Waals surface area contributed by atoms with Gasteiger partial charge in [-0.05, 0) is 61.2 Å². The molecule has 3 aromatic rings. The van der Waals surface area contributed by atoms with Crippen LogP contribution in [0.1, 0.15) is 32.5 Å². The number of carbonyl (C=O) groups is 2. The number of fused-ring (bicyclic) bond motifs is 2. The fraction of sp³-hybridized carbons (Fsp3) is 0.143. The maximum Gasteiger partial charge on any atom is 0.265 e. The quantitative estimate of drug-likeness (QED) is 0.691. The molecule has 0 atom stereocenters. The van der Waals surface area contributed by atoms with E-state index in [2.05, 4.69) is 5.32 Å². The van der Waals surface area contributed by atoms with Crippen LogP contribution in [0.15, 0.2) is 53.9 Å². The highest BCUT2D eigenvalue weighted by Gasteiger charge is 2.27. The van der Waals surface area contributed by atoms with Gasteiger partial charge in [0.2, 0.25) is 0 Å². The molecule has 6 heteroatoms. The van der Waals surface area contributed by atoms with Gasteiger partial charge in [-0.15, -0.1) is 11.3 Å². The molecule has 0 spiro atoms. The average Bonchev–Trinajstić information content (AvgIpc) is 3.06. The Morgan fingerprint density at radius 2 is 1.96 bits per heavy atom. The number of benzene rings is 2. The molecule has 0 aliphatic carbocycles. The molecular formula is C21H18N2O3S. The van der Waals surface area contributed by atoms with Gasteiger partial charge in [-0.2, -0.15) is 0 Å². The number of hydrogen-bond acceptors (Lipinski definition) is 4. The number of anilines is 2. The van der Waals surface area contributed by atoms with Crippen molar-refractivity contribution in [2.45, 2.75) is 13.8 Å². The molecule has 0 saturated heterocycles. The minimum absolute atomic E-state index is 0.152. The standard InChI is InChI=1S/C21H18N2O3S/c1-3-23-16-6-4-5-7-18(16)26-17-9-8-14(11-15(17)21(23)25)22-20(24)19-10-13(2)12-27-19/h4-12H,3H2,1-2H3,(H,22,24). The zero-order valence-electron chi connectivity index (χ0n) is 15.0. The number of para-hydroxylation sites is 2. The van der Waals surface area contributed by atoms with E-state index in [-0.39, 0.29) is 11.8 Å². The third kappa shape index (κ3) is 3.19. The third-order valence-electron chi connectivity index (χ3n) is 4.36. The van der Waals surface area contributed by atoms with Gasteiger partial charge in [0.25, 0.3) is 11.8 Å². The number of nitrogens with zero attached hydrogens (tertiary/aromatic N) is 1. The lowest BCUT2D eigenvalue weighted by Crippen LogP contribution is -2.29. The van der Waals surface area contributed by atoms with E-state index < -0.39 is 0 Å². The fourth-order valence-corrected chi connectivity index (χ4v) is 3.85. The van der Waals surface area contributed by atoms with Crippen molar-refractivity contribution in [2.24, 2.45) is 0 Å². The van der Waals surface area contributed by atoms with Crippen LogP contribution in [0.4, 0.5) is 11.4 Å². The first kappa shape index (κ1) is 17.3. The maximum absolute atomic E-state index is 13.1. The number of nitrogens with one attached hydrogen (secondary N) is 1. The second kappa shape index (κ2) is 6.89. The Bertz CT molecular complexity index is 1040. The summed E-state index contributed by atoms with van der Waals surface area (Å²) in [6.45, 7) is 4.39. The van der Waals surface area contributed by atoms with Crippen molar-refractivity contribution in [1.29, 1.82) is 0 Å². The molecule has 0 unspecified atom stereocenters. The van der Waals surface area contributed by atoms with E-state index in [9.17, 15) is 9.59 Å². The Balaban J connectivity index is 1.69. The number of thiophene rings is 1. The molecule has 5 nitrogen and oxygen atoms in total. The summed E-state index contributed by atoms with van der Waals surface area (Å²) in [6.07, 6.45) is 0. The van der Waals surface area contributed by atoms with E-state index in [0.29, 0.717) is 34.2 Å². The van der Waals surface area contributed by atoms with Crippen molar-refractivity contribution in [3.05, 3.63) is 69.9 Å². The van der Waals surface area contributed by atoms with Crippen LogP contribution in [0.5, 0.6) is 11.5 Å². The third-order valence-corrected chi connectivity index (χ3v) is 5.41. The molecule has 1 aliphatic heterocycles. The predicted molar refractivity (Wildman–Crippen MR) is 107 cm³/mol. The van der Waals surface area contributed by atoms with Gasteiger partial charge in [0, 0.05) is 12.2 Å². The lowest BCUT2D eigenvalue weighted by atomic mass is 10.1. The summed E-state index contributed by atoms with van der Waals surface area (Å²) in [5.74, 6) is 0.775. The fourth-order valence-electron chi connectivity index (χ4n) is 3.06. The molecule has 1 aromatic heterocycles. The molecule has 0 bridgehead atoms. The molecule has 136 valence electrons. The SMILES string of the molecule is CCN1C(=O)c2cc(NC(=O)c3cc(C)cs3)ccc2Oc2ccccc21. The normalized spacial score (nSPS) is 12.7. The van der Waals surface area contributed by atoms with Crippen molar-refractivity contribution in [3.63, 3.8) is 0 Å². The van der Waals surface area contributed by atoms with Crippen molar-refractivity contribution in [1.82, 2.24) is 0 Å². The summed E-state index contributed by atoms with van der Waals surface area (Å²) < 4.78 is 5.98. The van der Waals surface area contributed by atoms with Crippen LogP contribution in [0.2, 0.25) is 0 Å². The van der Waals surface area contributed by atoms with E-state index in [0.717, 1.165) is 11.3 Å². The van der Waals surface area contributed by atoms with Crippen molar-refractivity contribution in [2.75, 3.05) is 16.8 Å². The highest BCUT2D eigenvalue weighted by atomic mass is 32.1. The molecule has 0 fully saturated rings. The van der Waals surface area contributed by atoms with Gasteiger partial charge in [-0.1, -0.05) is 12.1 Å². The van der Waals surface area contributed by atoms with Gasteiger partial charge in [-0.3, -0.25) is 9.59 Å². The minimum atomic E-state index is -0.189. The Hall–Kier alpha value is -3.12. The molecule has 2 heterocycles. The summed E-state index contributed by atoms with van der Waals surface area (Å²) in [7, 11) is 0. The van der Waals surface area contributed by atoms with Gasteiger partial charge < -0.3 is 15.0 Å². The molecule has 4 rings (SSSR count). The molecule has 0 radical (unpaired) electrons. The van der Waals surface area contributed by atoms with Crippen LogP contribution in [0, 0.1) is 6.92 Å². The first-order valence-corrected chi connectivity index (χ1v) is 9.54. The van der Waals surface area contributed by atoms with E-state index >= 15 is 0 Å². The Morgan fingerprint density at radius 1 is 1.15 bits per heavy atom. The zero-order chi connectivity index (χ0) is 19.0. The largest absolute Gasteiger partial charge is 0.454 e. The van der Waals surface area contributed by atoms with Gasteiger partial charge in [0.15, 0.2) is 5.75 Å². The Morgan fingerprint density at radius 3 is 2.70 bits per heavy atom. The molecule has 0 saturated carbocycles. The van der Waals surface area contributed by atoms with Crippen LogP contribution < -0.4 is 15.0 Å². The second-order valence-corrected chi connectivity index (χ2v) is 7.18. The van der Waals surface area contributed by atoms with Gasteiger partial charge in [0.1, 0.15) is 5.75 Å². The van der Waals surface area contributed by atoms with E-state index in [1.165, 1.54) is 11.3 Å². The lowest BCUT2D eigenvalue weighted by Gasteiger charge is -2.19. The van der Waals surface area contributed by atoms with E-state index in [4.69, 9.17) is 4.74 Å². The smallest absolute Gasteiger partial charge is 0.265 e. The van der Waals surface area contributed by atoms with Crippen LogP contribution >= 0.6 is 11.3 Å². The number of hydrogen-bond donors (Lipinski definition) is 1. The number of amides is 2. The second-order valence-electron chi connectivity index (χ2n) is 6.27. The topological polar surface area (TPSA) is 58.6 Å². The number of carbonyl (C=O) groups excluding carboxylic acids is 2. The van der Waals surface area contributed by atoms with Gasteiger partial charge in [-0.25, -0.2) is 0 Å². The Kier molecular flexibility index (Phi) is 4.41. The first-order chi connectivity index (χ1) is 13.1. The number of aryl methyl sites for hydroxylation is 1. The Labute approximate surface area is 161 Å². The molecule has 27 heavy (non-hydrogen) atoms. The van der Waals surface area contributed by atoms with Crippen LogP contribution in [-0.4, -0.2) is 18.4 Å². The molecule has 1 aliphatic rings.